The summed E-state index contributed by atoms with van der Waals surface area (Å²) in [4.78, 5) is 33.5. The Bertz CT molecular complexity index is 1310. The van der Waals surface area contributed by atoms with Crippen molar-refractivity contribution in [2.75, 3.05) is 32.1 Å². The van der Waals surface area contributed by atoms with Crippen LogP contribution in [0.25, 0.3) is 0 Å². The van der Waals surface area contributed by atoms with Gasteiger partial charge in [0.05, 0.1) is 31.4 Å². The molecular weight excluding hydrogens is 492 g/mol. The van der Waals surface area contributed by atoms with Crippen molar-refractivity contribution in [2.45, 2.75) is 58.3 Å². The van der Waals surface area contributed by atoms with E-state index in [1.807, 2.05) is 17.9 Å². The molecule has 2 saturated heterocycles. The number of hydrogen-bond acceptors (Lipinski definition) is 5. The van der Waals surface area contributed by atoms with Crippen LogP contribution in [0.3, 0.4) is 0 Å². The summed E-state index contributed by atoms with van der Waals surface area (Å²) in [6.07, 6.45) is 3.17. The van der Waals surface area contributed by atoms with Crippen LogP contribution in [0.1, 0.15) is 60.4 Å². The fraction of sp³-hybridized carbons (Fsp3) is 0.433. The molecule has 0 bridgehead atoms. The molecule has 3 aliphatic rings. The van der Waals surface area contributed by atoms with Gasteiger partial charge in [0.2, 0.25) is 0 Å². The maximum atomic E-state index is 14.1. The minimum Gasteiger partial charge on any atom is -0.497 e. The number of benzene rings is 2. The minimum atomic E-state index is -0.250. The highest BCUT2D eigenvalue weighted by molar-refractivity contribution is 6.04. The van der Waals surface area contributed by atoms with Crippen molar-refractivity contribution in [3.8, 4) is 5.75 Å². The first-order valence-electron chi connectivity index (χ1n) is 13.4. The number of nitrogens with zero attached hydrogens (tertiary/aromatic N) is 4. The molecule has 1 aromatic heterocycles. The number of amides is 3. The van der Waals surface area contributed by atoms with Crippen LogP contribution in [-0.4, -0.2) is 75.7 Å². The molecule has 2 fully saturated rings. The van der Waals surface area contributed by atoms with Gasteiger partial charge in [-0.15, -0.1) is 0 Å². The first-order valence-corrected chi connectivity index (χ1v) is 13.4. The highest BCUT2D eigenvalue weighted by Gasteiger charge is 2.43. The van der Waals surface area contributed by atoms with Gasteiger partial charge < -0.3 is 19.9 Å². The van der Waals surface area contributed by atoms with Gasteiger partial charge in [-0.25, -0.2) is 4.79 Å². The highest BCUT2D eigenvalue weighted by Crippen LogP contribution is 2.38. The molecule has 0 saturated carbocycles. The number of H-pyrrole nitrogens is 1. The van der Waals surface area contributed by atoms with Gasteiger partial charge in [-0.3, -0.25) is 14.8 Å². The van der Waals surface area contributed by atoms with Gasteiger partial charge in [0.25, 0.3) is 5.91 Å². The van der Waals surface area contributed by atoms with Crippen LogP contribution in [-0.2, 0) is 13.0 Å². The Morgan fingerprint density at radius 1 is 1.08 bits per heavy atom. The third-order valence-corrected chi connectivity index (χ3v) is 8.30. The lowest BCUT2D eigenvalue weighted by atomic mass is 10.00. The second kappa shape index (κ2) is 11.1. The summed E-state index contributed by atoms with van der Waals surface area (Å²) in [6, 6.07) is 17.8. The number of aromatic amines is 1. The molecule has 9 nitrogen and oxygen atoms in total. The van der Waals surface area contributed by atoms with E-state index in [0.717, 1.165) is 43.7 Å². The van der Waals surface area contributed by atoms with E-state index < -0.39 is 0 Å². The molecule has 2 aromatic carbocycles. The van der Waals surface area contributed by atoms with Crippen molar-refractivity contribution in [3.63, 3.8) is 0 Å². The maximum absolute atomic E-state index is 14.1. The molecule has 9 heteroatoms. The molecule has 206 valence electrons. The number of ether oxygens (including phenoxy) is 1. The van der Waals surface area contributed by atoms with Gasteiger partial charge in [0.1, 0.15) is 5.75 Å². The number of urea groups is 1. The normalized spacial score (nSPS) is 22.2. The van der Waals surface area contributed by atoms with E-state index in [2.05, 4.69) is 49.6 Å². The van der Waals surface area contributed by atoms with Crippen LogP contribution >= 0.6 is 0 Å². The summed E-state index contributed by atoms with van der Waals surface area (Å²) >= 11 is 0. The van der Waals surface area contributed by atoms with Crippen LogP contribution in [0.4, 0.5) is 10.6 Å². The molecule has 3 aromatic rings. The van der Waals surface area contributed by atoms with Gasteiger partial charge >= 0.3 is 6.03 Å². The number of piperazine rings is 1. The quantitative estimate of drug-likeness (QED) is 0.499. The number of nitrogens with one attached hydrogen (secondary N) is 2. The number of rotatable bonds is 5. The Labute approximate surface area is 230 Å². The topological polar surface area (TPSA) is 93.8 Å². The summed E-state index contributed by atoms with van der Waals surface area (Å²) in [5, 5.41) is 10.4. The summed E-state index contributed by atoms with van der Waals surface area (Å²) in [7, 11) is 1.59. The zero-order chi connectivity index (χ0) is 26.2. The Kier molecular flexibility index (Phi) is 7.61. The molecule has 39 heavy (non-hydrogen) atoms. The number of carbonyl (C=O) groups is 2. The van der Waals surface area contributed by atoms with Gasteiger partial charge in [-0.2, -0.15) is 5.10 Å². The molecule has 0 aliphatic carbocycles. The van der Waals surface area contributed by atoms with Gasteiger partial charge in [-0.05, 0) is 62.6 Å². The van der Waals surface area contributed by atoms with Gasteiger partial charge in [0, 0.05) is 30.3 Å². The fourth-order valence-electron chi connectivity index (χ4n) is 6.15. The van der Waals surface area contributed by atoms with Crippen molar-refractivity contribution in [2.24, 2.45) is 0 Å². The third kappa shape index (κ3) is 5.11. The van der Waals surface area contributed by atoms with E-state index in [-0.39, 0.29) is 31.4 Å². The number of anilines is 1. The SMILES string of the molecule is C.COc1ccc(C(=O)Nc2n[nH]c3c2CN(C(=O)N2C[C@@H]4CCCN4C[C@@H]2Cc2ccccc2)C3C)cc1. The Morgan fingerprint density at radius 2 is 1.85 bits per heavy atom. The molecule has 1 unspecified atom stereocenters. The predicted molar refractivity (Wildman–Crippen MR) is 151 cm³/mol. The largest absolute Gasteiger partial charge is 0.497 e. The van der Waals surface area contributed by atoms with Gasteiger partial charge in [0.15, 0.2) is 5.82 Å². The Morgan fingerprint density at radius 3 is 2.59 bits per heavy atom. The average Bonchev–Trinajstić information content (AvgIpc) is 3.65. The number of fused-ring (bicyclic) bond motifs is 2. The summed E-state index contributed by atoms with van der Waals surface area (Å²) in [5.41, 5.74) is 3.51. The lowest BCUT2D eigenvalue weighted by molar-refractivity contribution is 0.0517. The lowest BCUT2D eigenvalue weighted by Gasteiger charge is -2.45. The molecule has 6 rings (SSSR count). The predicted octanol–water partition coefficient (Wildman–Crippen LogP) is 4.69. The van der Waals surface area contributed by atoms with Crippen LogP contribution in [0, 0.1) is 0 Å². The Hall–Kier alpha value is -3.85. The van der Waals surface area contributed by atoms with Crippen LogP contribution < -0.4 is 10.1 Å². The van der Waals surface area contributed by atoms with E-state index in [9.17, 15) is 9.59 Å². The van der Waals surface area contributed by atoms with Crippen molar-refractivity contribution in [1.29, 1.82) is 0 Å². The molecule has 2 N–H and O–H groups in total. The average molecular weight is 531 g/mol. The number of methoxy groups -OCH3 is 1. The minimum absolute atomic E-state index is 0. The van der Waals surface area contributed by atoms with Crippen LogP contribution in [0.2, 0.25) is 0 Å². The van der Waals surface area contributed by atoms with Crippen molar-refractivity contribution in [3.05, 3.63) is 77.0 Å². The molecular formula is C30H38N6O3. The molecule has 4 heterocycles. The molecule has 3 atom stereocenters. The standard InChI is InChI=1S/C29H34N6O3.CH4/c1-19-26-25(27(32-31-26)30-28(36)21-10-12-24(38-2)13-11-21)18-34(19)29(37)35-17-22-9-6-14-33(22)16-23(35)15-20-7-4-3-5-8-20;/h3-5,7-8,10-13,19,22-23H,6,9,14-18H2,1-2H3,(H2,30,31,32,36);1H4/t19?,22-,23-;/m0./s1. The van der Waals surface area contributed by atoms with E-state index >= 15 is 0 Å². The first kappa shape index (κ1) is 26.7. The highest BCUT2D eigenvalue weighted by atomic mass is 16.5. The zero-order valence-electron chi connectivity index (χ0n) is 21.9. The van der Waals surface area contributed by atoms with E-state index in [0.29, 0.717) is 29.7 Å². The second-order valence-corrected chi connectivity index (χ2v) is 10.5. The van der Waals surface area contributed by atoms with Crippen molar-refractivity contribution in [1.82, 2.24) is 24.9 Å². The van der Waals surface area contributed by atoms with E-state index in [1.54, 1.807) is 31.4 Å². The number of carbonyl (C=O) groups excluding carboxylic acids is 2. The Balaban J connectivity index is 0.00000308. The fourth-order valence-corrected chi connectivity index (χ4v) is 6.15. The number of aromatic nitrogens is 2. The first-order chi connectivity index (χ1) is 18.5. The van der Waals surface area contributed by atoms with Crippen molar-refractivity contribution < 1.29 is 14.3 Å². The summed E-state index contributed by atoms with van der Waals surface area (Å²) < 4.78 is 5.18. The molecule has 0 radical (unpaired) electrons. The smallest absolute Gasteiger partial charge is 0.321 e. The summed E-state index contributed by atoms with van der Waals surface area (Å²) in [6.45, 7) is 5.21. The van der Waals surface area contributed by atoms with E-state index in [1.165, 1.54) is 12.0 Å². The maximum Gasteiger partial charge on any atom is 0.321 e. The summed E-state index contributed by atoms with van der Waals surface area (Å²) in [5.74, 6) is 0.915. The van der Waals surface area contributed by atoms with Gasteiger partial charge in [-0.1, -0.05) is 37.8 Å². The lowest BCUT2D eigenvalue weighted by Crippen LogP contribution is -2.60. The van der Waals surface area contributed by atoms with Crippen LogP contribution in [0.15, 0.2) is 54.6 Å². The molecule has 3 aliphatic heterocycles. The zero-order valence-corrected chi connectivity index (χ0v) is 21.9. The monoisotopic (exact) mass is 530 g/mol. The number of hydrogen-bond donors (Lipinski definition) is 2. The third-order valence-electron chi connectivity index (χ3n) is 8.30. The van der Waals surface area contributed by atoms with Crippen molar-refractivity contribution >= 4 is 17.8 Å². The molecule has 3 amide bonds. The van der Waals surface area contributed by atoms with Crippen LogP contribution in [0.5, 0.6) is 5.75 Å². The molecule has 0 spiro atoms. The second-order valence-electron chi connectivity index (χ2n) is 10.5. The van der Waals surface area contributed by atoms with E-state index in [4.69, 9.17) is 4.74 Å².